The van der Waals surface area contributed by atoms with E-state index in [1.165, 1.54) is 27.9 Å². The summed E-state index contributed by atoms with van der Waals surface area (Å²) >= 11 is 1.36. The van der Waals surface area contributed by atoms with E-state index in [4.69, 9.17) is 4.74 Å². The number of allylic oxidation sites excluding steroid dienone is 3. The molecule has 0 aliphatic carbocycles. The number of carbonyl (C=O) groups is 1. The SMILES string of the molecule is CC=CC=CC(=O)OCc1cc(=O)n2ccsc2n1. The van der Waals surface area contributed by atoms with Crippen molar-refractivity contribution in [2.45, 2.75) is 13.5 Å². The van der Waals surface area contributed by atoms with Gasteiger partial charge in [0.05, 0.1) is 5.69 Å². The summed E-state index contributed by atoms with van der Waals surface area (Å²) in [5, 5.41) is 1.78. The molecule has 0 atom stereocenters. The summed E-state index contributed by atoms with van der Waals surface area (Å²) in [7, 11) is 0. The van der Waals surface area contributed by atoms with Crippen molar-refractivity contribution < 1.29 is 9.53 Å². The maximum absolute atomic E-state index is 11.7. The van der Waals surface area contributed by atoms with Crippen LogP contribution < -0.4 is 5.56 Å². The number of hydrogen-bond acceptors (Lipinski definition) is 5. The summed E-state index contributed by atoms with van der Waals surface area (Å²) in [6.45, 7) is 1.84. The van der Waals surface area contributed by atoms with Crippen molar-refractivity contribution in [2.75, 3.05) is 0 Å². The first kappa shape index (κ1) is 13.2. The van der Waals surface area contributed by atoms with Gasteiger partial charge in [0.1, 0.15) is 6.61 Å². The fourth-order valence-corrected chi connectivity index (χ4v) is 2.14. The van der Waals surface area contributed by atoms with Crippen molar-refractivity contribution in [2.24, 2.45) is 0 Å². The number of rotatable bonds is 4. The predicted molar refractivity (Wildman–Crippen MR) is 73.1 cm³/mol. The van der Waals surface area contributed by atoms with Crippen LogP contribution in [0.15, 0.2) is 46.7 Å². The van der Waals surface area contributed by atoms with Gasteiger partial charge in [-0.05, 0) is 6.92 Å². The molecule has 0 fully saturated rings. The van der Waals surface area contributed by atoms with Gasteiger partial charge in [-0.1, -0.05) is 18.2 Å². The molecule has 0 saturated carbocycles. The van der Waals surface area contributed by atoms with Crippen LogP contribution in [-0.2, 0) is 16.1 Å². The van der Waals surface area contributed by atoms with Gasteiger partial charge in [0.2, 0.25) is 0 Å². The van der Waals surface area contributed by atoms with Crippen LogP contribution in [0.2, 0.25) is 0 Å². The molecule has 19 heavy (non-hydrogen) atoms. The zero-order valence-corrected chi connectivity index (χ0v) is 11.1. The van der Waals surface area contributed by atoms with Crippen molar-refractivity contribution in [3.05, 3.63) is 58.0 Å². The molecular weight excluding hydrogens is 264 g/mol. The molecule has 2 aromatic heterocycles. The maximum atomic E-state index is 11.7. The van der Waals surface area contributed by atoms with Crippen molar-refractivity contribution in [1.29, 1.82) is 0 Å². The average Bonchev–Trinajstić information content (AvgIpc) is 2.85. The lowest BCUT2D eigenvalue weighted by Gasteiger charge is -2.01. The zero-order valence-electron chi connectivity index (χ0n) is 10.3. The van der Waals surface area contributed by atoms with Crippen LogP contribution in [0.25, 0.3) is 4.96 Å². The molecule has 6 heteroatoms. The molecule has 0 aliphatic rings. The number of carbonyl (C=O) groups excluding carboxylic acids is 1. The fourth-order valence-electron chi connectivity index (χ4n) is 1.40. The first-order valence-electron chi connectivity index (χ1n) is 5.62. The summed E-state index contributed by atoms with van der Waals surface area (Å²) in [5.74, 6) is -0.466. The Morgan fingerprint density at radius 3 is 3.16 bits per heavy atom. The van der Waals surface area contributed by atoms with E-state index in [0.717, 1.165) is 0 Å². The van der Waals surface area contributed by atoms with Crippen LogP contribution in [0.1, 0.15) is 12.6 Å². The molecule has 0 aromatic carbocycles. The van der Waals surface area contributed by atoms with Gasteiger partial charge < -0.3 is 4.74 Å². The molecule has 2 aromatic rings. The lowest BCUT2D eigenvalue weighted by atomic mass is 10.4. The van der Waals surface area contributed by atoms with Crippen molar-refractivity contribution in [3.63, 3.8) is 0 Å². The second kappa shape index (κ2) is 6.10. The Balaban J connectivity index is 2.05. The highest BCUT2D eigenvalue weighted by molar-refractivity contribution is 7.15. The molecule has 0 spiro atoms. The standard InChI is InChI=1S/C13H12N2O3S/c1-2-3-4-5-12(17)18-9-10-8-11(16)15-6-7-19-13(15)14-10/h2-8H,9H2,1H3. The molecule has 0 unspecified atom stereocenters. The van der Waals surface area contributed by atoms with Gasteiger partial charge in [-0.2, -0.15) is 0 Å². The molecule has 0 aliphatic heterocycles. The fraction of sp³-hybridized carbons (Fsp3) is 0.154. The lowest BCUT2D eigenvalue weighted by molar-refractivity contribution is -0.139. The highest BCUT2D eigenvalue weighted by Crippen LogP contribution is 2.07. The Kier molecular flexibility index (Phi) is 4.25. The van der Waals surface area contributed by atoms with E-state index >= 15 is 0 Å². The summed E-state index contributed by atoms with van der Waals surface area (Å²) in [5.41, 5.74) is 0.266. The number of esters is 1. The molecule has 2 rings (SSSR count). The number of nitrogens with zero attached hydrogens (tertiary/aromatic N) is 2. The van der Waals surface area contributed by atoms with Crippen LogP contribution in [0.5, 0.6) is 0 Å². The van der Waals surface area contributed by atoms with Crippen LogP contribution in [0.3, 0.4) is 0 Å². The third-order valence-corrected chi connectivity index (χ3v) is 3.01. The van der Waals surface area contributed by atoms with Crippen molar-refractivity contribution >= 4 is 22.3 Å². The lowest BCUT2D eigenvalue weighted by Crippen LogP contribution is -2.14. The Hall–Kier alpha value is -2.21. The van der Waals surface area contributed by atoms with E-state index in [9.17, 15) is 9.59 Å². The predicted octanol–water partition coefficient (Wildman–Crippen LogP) is 1.93. The van der Waals surface area contributed by atoms with Gasteiger partial charge in [-0.15, -0.1) is 11.3 Å². The summed E-state index contributed by atoms with van der Waals surface area (Å²) in [4.78, 5) is 27.8. The van der Waals surface area contributed by atoms with Gasteiger partial charge in [0, 0.05) is 23.7 Å². The Morgan fingerprint density at radius 1 is 1.53 bits per heavy atom. The smallest absolute Gasteiger partial charge is 0.331 e. The van der Waals surface area contributed by atoms with Gasteiger partial charge in [0.25, 0.3) is 5.56 Å². The van der Waals surface area contributed by atoms with Gasteiger partial charge in [0.15, 0.2) is 4.96 Å². The van der Waals surface area contributed by atoms with E-state index in [2.05, 4.69) is 4.98 Å². The van der Waals surface area contributed by atoms with Crippen LogP contribution in [-0.4, -0.2) is 15.4 Å². The minimum atomic E-state index is -0.466. The maximum Gasteiger partial charge on any atom is 0.331 e. The molecule has 0 saturated heterocycles. The first-order chi connectivity index (χ1) is 9.20. The number of aromatic nitrogens is 2. The van der Waals surface area contributed by atoms with Crippen LogP contribution in [0, 0.1) is 0 Å². The summed E-state index contributed by atoms with van der Waals surface area (Å²) < 4.78 is 6.44. The van der Waals surface area contributed by atoms with Crippen molar-refractivity contribution in [3.8, 4) is 0 Å². The van der Waals surface area contributed by atoms with Gasteiger partial charge in [-0.3, -0.25) is 9.20 Å². The van der Waals surface area contributed by atoms with Gasteiger partial charge in [-0.25, -0.2) is 9.78 Å². The molecule has 0 radical (unpaired) electrons. The minimum absolute atomic E-state index is 0.0113. The van der Waals surface area contributed by atoms with E-state index in [0.29, 0.717) is 10.7 Å². The van der Waals surface area contributed by atoms with Crippen molar-refractivity contribution in [1.82, 2.24) is 9.38 Å². The number of ether oxygens (including phenoxy) is 1. The normalized spacial score (nSPS) is 11.6. The zero-order chi connectivity index (χ0) is 13.7. The number of hydrogen-bond donors (Lipinski definition) is 0. The van der Waals surface area contributed by atoms with E-state index < -0.39 is 5.97 Å². The molecular formula is C13H12N2O3S. The molecule has 98 valence electrons. The molecule has 0 N–H and O–H groups in total. The molecule has 5 nitrogen and oxygen atoms in total. The Morgan fingerprint density at radius 2 is 2.37 bits per heavy atom. The van der Waals surface area contributed by atoms with E-state index in [1.54, 1.807) is 29.8 Å². The number of fused-ring (bicyclic) bond motifs is 1. The Labute approximate surface area is 113 Å². The first-order valence-corrected chi connectivity index (χ1v) is 6.50. The highest BCUT2D eigenvalue weighted by atomic mass is 32.1. The largest absolute Gasteiger partial charge is 0.456 e. The molecule has 0 bridgehead atoms. The molecule has 2 heterocycles. The topological polar surface area (TPSA) is 60.7 Å². The van der Waals surface area contributed by atoms with Gasteiger partial charge >= 0.3 is 5.97 Å². The second-order valence-corrected chi connectivity index (χ2v) is 4.51. The summed E-state index contributed by atoms with van der Waals surface area (Å²) in [6, 6.07) is 1.36. The monoisotopic (exact) mass is 276 g/mol. The highest BCUT2D eigenvalue weighted by Gasteiger charge is 2.05. The average molecular weight is 276 g/mol. The minimum Gasteiger partial charge on any atom is -0.456 e. The third-order valence-electron chi connectivity index (χ3n) is 2.25. The second-order valence-electron chi connectivity index (χ2n) is 3.63. The van der Waals surface area contributed by atoms with Crippen LogP contribution in [0.4, 0.5) is 0 Å². The van der Waals surface area contributed by atoms with E-state index in [1.807, 2.05) is 6.92 Å². The Bertz CT molecular complexity index is 697. The third kappa shape index (κ3) is 3.38. The molecule has 0 amide bonds. The summed E-state index contributed by atoms with van der Waals surface area (Å²) in [6.07, 6.45) is 8.09. The van der Waals surface area contributed by atoms with E-state index in [-0.39, 0.29) is 12.2 Å². The quantitative estimate of drug-likeness (QED) is 0.486. The van der Waals surface area contributed by atoms with Crippen LogP contribution >= 0.6 is 11.3 Å². The number of thiazole rings is 1.